The molecule has 0 bridgehead atoms. The zero-order valence-electron chi connectivity index (χ0n) is 18.8. The summed E-state index contributed by atoms with van der Waals surface area (Å²) in [5.74, 6) is 0.346. The predicted octanol–water partition coefficient (Wildman–Crippen LogP) is 7.89. The second-order valence-corrected chi connectivity index (χ2v) is 9.73. The summed E-state index contributed by atoms with van der Waals surface area (Å²) in [6.07, 6.45) is 1.65. The van der Waals surface area contributed by atoms with Crippen LogP contribution in [0.15, 0.2) is 64.8 Å². The van der Waals surface area contributed by atoms with Crippen molar-refractivity contribution in [3.05, 3.63) is 54.6 Å². The Balaban J connectivity index is 2.16. The largest absolute Gasteiger partial charge is 0.426 e. The highest BCUT2D eigenvalue weighted by atomic mass is 16.5. The number of carbonyl (C=O) groups excluding carboxylic acids is 1. The molecule has 0 N–H and O–H groups in total. The number of hydrogen-bond donors (Lipinski definition) is 0. The molecular weight excluding hydrogens is 360 g/mol. The van der Waals surface area contributed by atoms with Gasteiger partial charge >= 0.3 is 5.97 Å². The summed E-state index contributed by atoms with van der Waals surface area (Å²) < 4.78 is 5.82. The van der Waals surface area contributed by atoms with Gasteiger partial charge in [-0.25, -0.2) is 0 Å². The Bertz CT molecular complexity index is 833. The van der Waals surface area contributed by atoms with Crippen molar-refractivity contribution in [2.24, 2.45) is 26.5 Å². The first-order valence-corrected chi connectivity index (χ1v) is 10.3. The van der Waals surface area contributed by atoms with Crippen molar-refractivity contribution >= 4 is 17.3 Å². The van der Waals surface area contributed by atoms with Crippen molar-refractivity contribution in [2.75, 3.05) is 0 Å². The first-order valence-electron chi connectivity index (χ1n) is 10.3. The maximum atomic E-state index is 13.2. The van der Waals surface area contributed by atoms with Crippen LogP contribution in [0, 0.1) is 16.2 Å². The van der Waals surface area contributed by atoms with Crippen LogP contribution in [0.5, 0.6) is 5.75 Å². The third-order valence-corrected chi connectivity index (χ3v) is 5.80. The quantitative estimate of drug-likeness (QED) is 0.272. The minimum absolute atomic E-state index is 0.0158. The van der Waals surface area contributed by atoms with Gasteiger partial charge in [0, 0.05) is 0 Å². The molecule has 0 saturated carbocycles. The van der Waals surface area contributed by atoms with Gasteiger partial charge in [-0.05, 0) is 67.0 Å². The van der Waals surface area contributed by atoms with Crippen molar-refractivity contribution in [3.8, 4) is 5.75 Å². The number of rotatable bonds is 7. The Labute approximate surface area is 175 Å². The van der Waals surface area contributed by atoms with Crippen LogP contribution >= 0.6 is 0 Å². The lowest BCUT2D eigenvalue weighted by atomic mass is 9.59. The zero-order valence-corrected chi connectivity index (χ0v) is 18.8. The number of carbonyl (C=O) groups is 1. The van der Waals surface area contributed by atoms with Gasteiger partial charge in [0.15, 0.2) is 0 Å². The molecule has 0 aliphatic carbocycles. The van der Waals surface area contributed by atoms with Crippen molar-refractivity contribution in [3.63, 3.8) is 0 Å². The molecule has 0 aromatic heterocycles. The molecule has 1 unspecified atom stereocenters. The second-order valence-electron chi connectivity index (χ2n) is 9.73. The second kappa shape index (κ2) is 8.89. The Kier molecular flexibility index (Phi) is 6.99. The van der Waals surface area contributed by atoms with Crippen LogP contribution in [0.3, 0.4) is 0 Å². The van der Waals surface area contributed by atoms with Gasteiger partial charge in [0.1, 0.15) is 5.75 Å². The van der Waals surface area contributed by atoms with E-state index >= 15 is 0 Å². The first-order chi connectivity index (χ1) is 13.5. The van der Waals surface area contributed by atoms with Crippen molar-refractivity contribution in [2.45, 2.75) is 61.3 Å². The van der Waals surface area contributed by atoms with E-state index in [1.165, 1.54) is 0 Å². The molecule has 0 amide bonds. The highest BCUT2D eigenvalue weighted by Crippen LogP contribution is 2.49. The summed E-state index contributed by atoms with van der Waals surface area (Å²) in [5.41, 5.74) is 0.747. The molecule has 0 aliphatic rings. The van der Waals surface area contributed by atoms with E-state index in [0.717, 1.165) is 18.5 Å². The number of nitrogens with zero attached hydrogens (tertiary/aromatic N) is 2. The van der Waals surface area contributed by atoms with Crippen LogP contribution in [-0.4, -0.2) is 5.97 Å². The minimum atomic E-state index is -0.592. The van der Waals surface area contributed by atoms with Gasteiger partial charge in [-0.3, -0.25) is 4.79 Å². The van der Waals surface area contributed by atoms with Gasteiger partial charge in [0.05, 0.1) is 16.8 Å². The highest BCUT2D eigenvalue weighted by Gasteiger charge is 2.49. The molecule has 4 nitrogen and oxygen atoms in total. The fraction of sp³-hybridized carbons (Fsp3) is 0.480. The van der Waals surface area contributed by atoms with Crippen LogP contribution in [0.2, 0.25) is 0 Å². The monoisotopic (exact) mass is 394 g/mol. The van der Waals surface area contributed by atoms with E-state index in [0.29, 0.717) is 11.4 Å². The van der Waals surface area contributed by atoms with Gasteiger partial charge in [-0.15, -0.1) is 0 Å². The fourth-order valence-electron chi connectivity index (χ4n) is 3.45. The number of hydrogen-bond acceptors (Lipinski definition) is 4. The van der Waals surface area contributed by atoms with Crippen molar-refractivity contribution in [1.29, 1.82) is 0 Å². The summed E-state index contributed by atoms with van der Waals surface area (Å²) >= 11 is 0. The van der Waals surface area contributed by atoms with E-state index in [-0.39, 0.29) is 16.8 Å². The minimum Gasteiger partial charge on any atom is -0.426 e. The van der Waals surface area contributed by atoms with E-state index in [4.69, 9.17) is 4.74 Å². The molecule has 0 aliphatic heterocycles. The van der Waals surface area contributed by atoms with Crippen LogP contribution < -0.4 is 4.74 Å². The summed E-state index contributed by atoms with van der Waals surface area (Å²) in [4.78, 5) is 13.2. The lowest BCUT2D eigenvalue weighted by Crippen LogP contribution is -2.46. The Morgan fingerprint density at radius 3 is 1.83 bits per heavy atom. The van der Waals surface area contributed by atoms with Gasteiger partial charge in [-0.2, -0.15) is 10.2 Å². The Morgan fingerprint density at radius 2 is 1.34 bits per heavy atom. The van der Waals surface area contributed by atoms with Crippen molar-refractivity contribution in [1.82, 2.24) is 0 Å². The Hall–Kier alpha value is -2.49. The predicted molar refractivity (Wildman–Crippen MR) is 119 cm³/mol. The average molecular weight is 395 g/mol. The lowest BCUT2D eigenvalue weighted by molar-refractivity contribution is -0.155. The molecule has 0 heterocycles. The van der Waals surface area contributed by atoms with E-state index in [1.807, 2.05) is 37.3 Å². The molecule has 2 aromatic rings. The standard InChI is InChI=1S/C25H34N2O2/c1-8-24(5,6)25(7,18-23(2,3)4)22(28)29-21-16-14-20(15-17-21)27-26-19-12-10-9-11-13-19/h9-17H,8,18H2,1-7H3. The van der Waals surface area contributed by atoms with E-state index in [9.17, 15) is 4.79 Å². The molecular formula is C25H34N2O2. The molecule has 1 atom stereocenters. The maximum absolute atomic E-state index is 13.2. The van der Waals surface area contributed by atoms with Crippen LogP contribution in [0.25, 0.3) is 0 Å². The maximum Gasteiger partial charge on any atom is 0.317 e. The molecule has 0 fully saturated rings. The fourth-order valence-corrected chi connectivity index (χ4v) is 3.45. The molecule has 0 spiro atoms. The molecule has 0 radical (unpaired) electrons. The number of esters is 1. The van der Waals surface area contributed by atoms with Crippen LogP contribution in [-0.2, 0) is 4.79 Å². The highest BCUT2D eigenvalue weighted by molar-refractivity contribution is 5.80. The average Bonchev–Trinajstić information content (AvgIpc) is 2.66. The third kappa shape index (κ3) is 5.99. The summed E-state index contributed by atoms with van der Waals surface area (Å²) in [6.45, 7) is 14.9. The zero-order chi connectivity index (χ0) is 21.7. The molecule has 156 valence electrons. The first kappa shape index (κ1) is 22.8. The molecule has 29 heavy (non-hydrogen) atoms. The van der Waals surface area contributed by atoms with E-state index in [2.05, 4.69) is 51.8 Å². The van der Waals surface area contributed by atoms with Gasteiger partial charge in [0.2, 0.25) is 0 Å². The molecule has 2 aromatic carbocycles. The van der Waals surface area contributed by atoms with Gasteiger partial charge in [-0.1, -0.05) is 59.7 Å². The van der Waals surface area contributed by atoms with Crippen LogP contribution in [0.1, 0.15) is 61.3 Å². The number of ether oxygens (including phenoxy) is 1. The van der Waals surface area contributed by atoms with E-state index < -0.39 is 5.41 Å². The van der Waals surface area contributed by atoms with Gasteiger partial charge in [0.25, 0.3) is 0 Å². The third-order valence-electron chi connectivity index (χ3n) is 5.80. The molecule has 0 saturated heterocycles. The number of azo groups is 1. The lowest BCUT2D eigenvalue weighted by Gasteiger charge is -2.45. The molecule has 4 heteroatoms. The van der Waals surface area contributed by atoms with Gasteiger partial charge < -0.3 is 4.74 Å². The molecule has 2 rings (SSSR count). The SMILES string of the molecule is CCC(C)(C)C(C)(CC(C)(C)C)C(=O)Oc1ccc(N=Nc2ccccc2)cc1. The summed E-state index contributed by atoms with van der Waals surface area (Å²) in [7, 11) is 0. The normalized spacial score (nSPS) is 14.6. The topological polar surface area (TPSA) is 51.0 Å². The van der Waals surface area contributed by atoms with Crippen LogP contribution in [0.4, 0.5) is 11.4 Å². The van der Waals surface area contributed by atoms with E-state index in [1.54, 1.807) is 24.3 Å². The number of benzene rings is 2. The Morgan fingerprint density at radius 1 is 0.828 bits per heavy atom. The van der Waals surface area contributed by atoms with Crippen molar-refractivity contribution < 1.29 is 9.53 Å². The summed E-state index contributed by atoms with van der Waals surface area (Å²) in [6, 6.07) is 16.7. The smallest absolute Gasteiger partial charge is 0.317 e. The summed E-state index contributed by atoms with van der Waals surface area (Å²) in [5, 5.41) is 8.44.